The van der Waals surface area contributed by atoms with Crippen LogP contribution in [0.25, 0.3) is 5.78 Å². The van der Waals surface area contributed by atoms with E-state index in [1.807, 2.05) is 27.7 Å². The van der Waals surface area contributed by atoms with Crippen LogP contribution in [-0.2, 0) is 9.59 Å². The largest absolute Gasteiger partial charge is 0.355 e. The van der Waals surface area contributed by atoms with Crippen molar-refractivity contribution in [3.63, 3.8) is 0 Å². The number of aromatic nitrogens is 5. The Balaban J connectivity index is 1.93. The van der Waals surface area contributed by atoms with Gasteiger partial charge in [-0.2, -0.15) is 9.97 Å². The summed E-state index contributed by atoms with van der Waals surface area (Å²) in [6.45, 7) is 9.52. The normalized spacial score (nSPS) is 11.9. The fourth-order valence-electron chi connectivity index (χ4n) is 2.34. The molecule has 0 fully saturated rings. The highest BCUT2D eigenvalue weighted by atomic mass is 32.2. The van der Waals surface area contributed by atoms with E-state index in [0.717, 1.165) is 6.42 Å². The molecule has 0 radical (unpaired) electrons. The van der Waals surface area contributed by atoms with Crippen LogP contribution in [0.5, 0.6) is 0 Å². The van der Waals surface area contributed by atoms with Crippen LogP contribution < -0.4 is 21.3 Å². The van der Waals surface area contributed by atoms with E-state index in [0.29, 0.717) is 42.5 Å². The molecule has 0 aromatic carbocycles. The summed E-state index contributed by atoms with van der Waals surface area (Å²) in [4.78, 5) is 32.6. The topological polar surface area (TPSA) is 138 Å². The van der Waals surface area contributed by atoms with Gasteiger partial charge in [0, 0.05) is 32.1 Å². The number of thioether (sulfide) groups is 1. The van der Waals surface area contributed by atoms with Gasteiger partial charge in [0.05, 0.1) is 5.75 Å². The van der Waals surface area contributed by atoms with E-state index in [1.54, 1.807) is 4.40 Å². The minimum absolute atomic E-state index is 0.0697. The maximum Gasteiger partial charge on any atom is 0.261 e. The molecule has 12 heteroatoms. The summed E-state index contributed by atoms with van der Waals surface area (Å²) in [7, 11) is 0. The Morgan fingerprint density at radius 1 is 1.07 bits per heavy atom. The molecule has 2 rings (SSSR count). The minimum Gasteiger partial charge on any atom is -0.355 e. The minimum atomic E-state index is -0.182. The standard InChI is InChI=1S/C17H29N9O2S/c1-5-11(4)21-12(27)8-9-20-13(28)10-29-17-25-24-16-23-14(18-6-2)22-15(19-7-3)26(16)17/h11H,5-10H2,1-4H3,(H,20,28)(H,21,27)(H2,18,19,22,23,24). The van der Waals surface area contributed by atoms with E-state index in [9.17, 15) is 9.59 Å². The predicted octanol–water partition coefficient (Wildman–Crippen LogP) is 0.896. The van der Waals surface area contributed by atoms with Gasteiger partial charge in [-0.25, -0.2) is 4.40 Å². The summed E-state index contributed by atoms with van der Waals surface area (Å²) in [5.41, 5.74) is 0. The monoisotopic (exact) mass is 423 g/mol. The van der Waals surface area contributed by atoms with Crippen LogP contribution in [0.4, 0.5) is 11.9 Å². The SMILES string of the molecule is CCNc1nc(NCC)n2c(SCC(=O)NCCC(=O)NC(C)CC)nnc2n1. The lowest BCUT2D eigenvalue weighted by Crippen LogP contribution is -2.35. The second-order valence-electron chi connectivity index (χ2n) is 6.31. The summed E-state index contributed by atoms with van der Waals surface area (Å²) >= 11 is 1.23. The number of fused-ring (bicyclic) bond motifs is 1. The van der Waals surface area contributed by atoms with Gasteiger partial charge in [-0.15, -0.1) is 10.2 Å². The zero-order chi connectivity index (χ0) is 21.2. The molecule has 2 amide bonds. The average molecular weight is 424 g/mol. The second kappa shape index (κ2) is 11.4. The Hall–Kier alpha value is -2.63. The molecule has 0 bridgehead atoms. The van der Waals surface area contributed by atoms with Gasteiger partial charge in [-0.3, -0.25) is 9.59 Å². The Morgan fingerprint density at radius 2 is 1.83 bits per heavy atom. The van der Waals surface area contributed by atoms with Gasteiger partial charge >= 0.3 is 0 Å². The lowest BCUT2D eigenvalue weighted by molar-refractivity contribution is -0.122. The third-order valence-corrected chi connectivity index (χ3v) is 4.87. The molecule has 1 atom stereocenters. The Morgan fingerprint density at radius 3 is 2.52 bits per heavy atom. The number of carbonyl (C=O) groups excluding carboxylic acids is 2. The zero-order valence-corrected chi connectivity index (χ0v) is 18.1. The van der Waals surface area contributed by atoms with Crippen LogP contribution in [0.3, 0.4) is 0 Å². The van der Waals surface area contributed by atoms with Crippen LogP contribution in [-0.4, -0.2) is 67.8 Å². The van der Waals surface area contributed by atoms with Gasteiger partial charge in [-0.05, 0) is 27.2 Å². The summed E-state index contributed by atoms with van der Waals surface area (Å²) in [6, 6.07) is 0.135. The molecule has 0 aliphatic heterocycles. The molecule has 11 nitrogen and oxygen atoms in total. The first-order valence-electron chi connectivity index (χ1n) is 9.78. The van der Waals surface area contributed by atoms with Crippen molar-refractivity contribution in [1.29, 1.82) is 0 Å². The smallest absolute Gasteiger partial charge is 0.261 e. The van der Waals surface area contributed by atoms with E-state index >= 15 is 0 Å². The first-order valence-corrected chi connectivity index (χ1v) is 10.8. The number of hydrogen-bond acceptors (Lipinski definition) is 9. The molecular formula is C17H29N9O2S. The van der Waals surface area contributed by atoms with Gasteiger partial charge in [0.2, 0.25) is 23.7 Å². The summed E-state index contributed by atoms with van der Waals surface area (Å²) in [6.07, 6.45) is 1.12. The number of amides is 2. The van der Waals surface area contributed by atoms with Crippen molar-refractivity contribution in [3.8, 4) is 0 Å². The van der Waals surface area contributed by atoms with Crippen molar-refractivity contribution in [2.24, 2.45) is 0 Å². The van der Waals surface area contributed by atoms with Crippen molar-refractivity contribution in [1.82, 2.24) is 35.2 Å². The van der Waals surface area contributed by atoms with Gasteiger partial charge in [0.25, 0.3) is 5.78 Å². The Bertz CT molecular complexity index is 827. The molecule has 0 saturated carbocycles. The van der Waals surface area contributed by atoms with E-state index < -0.39 is 0 Å². The molecule has 2 heterocycles. The highest BCUT2D eigenvalue weighted by Gasteiger charge is 2.16. The van der Waals surface area contributed by atoms with Crippen molar-refractivity contribution in [2.45, 2.75) is 51.7 Å². The van der Waals surface area contributed by atoms with Gasteiger partial charge in [0.1, 0.15) is 0 Å². The van der Waals surface area contributed by atoms with Crippen molar-refractivity contribution in [2.75, 3.05) is 36.0 Å². The van der Waals surface area contributed by atoms with Crippen LogP contribution in [0, 0.1) is 0 Å². The number of rotatable bonds is 12. The number of hydrogen-bond donors (Lipinski definition) is 4. The van der Waals surface area contributed by atoms with Crippen LogP contribution in [0.1, 0.15) is 40.5 Å². The van der Waals surface area contributed by atoms with Crippen LogP contribution in [0.15, 0.2) is 5.16 Å². The summed E-state index contributed by atoms with van der Waals surface area (Å²) in [5.74, 6) is 1.32. The summed E-state index contributed by atoms with van der Waals surface area (Å²) < 4.78 is 1.68. The molecule has 29 heavy (non-hydrogen) atoms. The molecule has 0 aliphatic carbocycles. The number of nitrogens with one attached hydrogen (secondary N) is 4. The second-order valence-corrected chi connectivity index (χ2v) is 7.26. The van der Waals surface area contributed by atoms with Crippen molar-refractivity contribution in [3.05, 3.63) is 0 Å². The average Bonchev–Trinajstić information content (AvgIpc) is 3.10. The highest BCUT2D eigenvalue weighted by Crippen LogP contribution is 2.20. The van der Waals surface area contributed by atoms with Crippen molar-refractivity contribution < 1.29 is 9.59 Å². The van der Waals surface area contributed by atoms with Gasteiger partial charge in [0.15, 0.2) is 5.16 Å². The molecule has 2 aromatic heterocycles. The third-order valence-electron chi connectivity index (χ3n) is 3.94. The summed E-state index contributed by atoms with van der Waals surface area (Å²) in [5, 5.41) is 20.6. The highest BCUT2D eigenvalue weighted by molar-refractivity contribution is 7.99. The molecule has 2 aromatic rings. The molecule has 0 saturated heterocycles. The van der Waals surface area contributed by atoms with E-state index in [1.165, 1.54) is 11.8 Å². The maximum atomic E-state index is 12.1. The number of nitrogens with zero attached hydrogens (tertiary/aromatic N) is 5. The van der Waals surface area contributed by atoms with Crippen molar-refractivity contribution >= 4 is 41.3 Å². The maximum absolute atomic E-state index is 12.1. The van der Waals surface area contributed by atoms with E-state index in [4.69, 9.17) is 0 Å². The fraction of sp³-hybridized carbons (Fsp3) is 0.647. The molecule has 0 spiro atoms. The van der Waals surface area contributed by atoms with Gasteiger partial charge < -0.3 is 21.3 Å². The van der Waals surface area contributed by atoms with Gasteiger partial charge in [-0.1, -0.05) is 18.7 Å². The predicted molar refractivity (Wildman–Crippen MR) is 113 cm³/mol. The van der Waals surface area contributed by atoms with E-state index in [2.05, 4.69) is 41.4 Å². The van der Waals surface area contributed by atoms with Crippen LogP contribution >= 0.6 is 11.8 Å². The number of anilines is 2. The zero-order valence-electron chi connectivity index (χ0n) is 17.3. The first-order chi connectivity index (χ1) is 14.0. The lowest BCUT2D eigenvalue weighted by Gasteiger charge is -2.11. The molecule has 160 valence electrons. The first kappa shape index (κ1) is 22.7. The Kier molecular flexibility index (Phi) is 8.90. The number of carbonyl (C=O) groups is 2. The quantitative estimate of drug-likeness (QED) is 0.367. The molecule has 0 aliphatic rings. The molecule has 4 N–H and O–H groups in total. The van der Waals surface area contributed by atoms with E-state index in [-0.39, 0.29) is 30.0 Å². The lowest BCUT2D eigenvalue weighted by atomic mass is 10.2. The molecular weight excluding hydrogens is 394 g/mol. The Labute approximate surface area is 174 Å². The molecule has 1 unspecified atom stereocenters. The van der Waals surface area contributed by atoms with Crippen LogP contribution in [0.2, 0.25) is 0 Å². The fourth-order valence-corrected chi connectivity index (χ4v) is 3.10. The third kappa shape index (κ3) is 6.73.